The Kier molecular flexibility index (Phi) is 3.79. The Hall–Kier alpha value is -0.820. The van der Waals surface area contributed by atoms with Crippen LogP contribution in [-0.2, 0) is 0 Å². The summed E-state index contributed by atoms with van der Waals surface area (Å²) in [6.45, 7) is 4.60. The summed E-state index contributed by atoms with van der Waals surface area (Å²) >= 11 is 0. The van der Waals surface area contributed by atoms with Gasteiger partial charge in [-0.3, -0.25) is 0 Å². The molecule has 1 aliphatic carbocycles. The summed E-state index contributed by atoms with van der Waals surface area (Å²) in [5, 5.41) is 3.55. The van der Waals surface area contributed by atoms with Gasteiger partial charge in [-0.15, -0.1) is 0 Å². The summed E-state index contributed by atoms with van der Waals surface area (Å²) < 4.78 is 0. The Morgan fingerprint density at radius 2 is 2.00 bits per heavy atom. The average Bonchev–Trinajstić information content (AvgIpc) is 3.09. The van der Waals surface area contributed by atoms with Crippen LogP contribution >= 0.6 is 0 Å². The third kappa shape index (κ3) is 3.67. The molecule has 0 bridgehead atoms. The van der Waals surface area contributed by atoms with Crippen LogP contribution in [0.15, 0.2) is 30.3 Å². The van der Waals surface area contributed by atoms with E-state index in [4.69, 9.17) is 0 Å². The van der Waals surface area contributed by atoms with Crippen molar-refractivity contribution in [1.29, 1.82) is 0 Å². The highest BCUT2D eigenvalue weighted by molar-refractivity contribution is 5.18. The van der Waals surface area contributed by atoms with Gasteiger partial charge in [-0.1, -0.05) is 50.1 Å². The van der Waals surface area contributed by atoms with Crippen molar-refractivity contribution in [3.8, 4) is 0 Å². The number of nitrogens with one attached hydrogen (secondary N) is 1. The van der Waals surface area contributed by atoms with E-state index in [1.54, 1.807) is 0 Å². The zero-order valence-corrected chi connectivity index (χ0v) is 9.58. The minimum atomic E-state index is 0.630. The first-order chi connectivity index (χ1) is 7.36. The highest BCUT2D eigenvalue weighted by Crippen LogP contribution is 2.31. The largest absolute Gasteiger partial charge is 0.316 e. The monoisotopic (exact) mass is 203 g/mol. The van der Waals surface area contributed by atoms with Crippen molar-refractivity contribution in [3.63, 3.8) is 0 Å². The van der Waals surface area contributed by atoms with Gasteiger partial charge < -0.3 is 5.32 Å². The second-order valence-corrected chi connectivity index (χ2v) is 4.75. The van der Waals surface area contributed by atoms with Crippen molar-refractivity contribution in [1.82, 2.24) is 5.32 Å². The van der Waals surface area contributed by atoms with Crippen LogP contribution in [0.1, 0.15) is 37.7 Å². The maximum Gasteiger partial charge on any atom is 0.00174 e. The van der Waals surface area contributed by atoms with E-state index in [1.807, 2.05) is 0 Å². The Balaban J connectivity index is 1.65. The van der Waals surface area contributed by atoms with Crippen molar-refractivity contribution in [3.05, 3.63) is 35.9 Å². The maximum absolute atomic E-state index is 3.55. The van der Waals surface area contributed by atoms with Gasteiger partial charge in [0.1, 0.15) is 0 Å². The van der Waals surface area contributed by atoms with E-state index in [0.717, 1.165) is 12.5 Å². The van der Waals surface area contributed by atoms with Crippen LogP contribution in [0.5, 0.6) is 0 Å². The number of rotatable bonds is 6. The predicted molar refractivity (Wildman–Crippen MR) is 65.1 cm³/mol. The van der Waals surface area contributed by atoms with E-state index < -0.39 is 0 Å². The Bertz CT molecular complexity index is 277. The van der Waals surface area contributed by atoms with Crippen LogP contribution in [0, 0.1) is 5.92 Å². The molecular weight excluding hydrogens is 182 g/mol. The molecule has 1 unspecified atom stereocenters. The number of hydrogen-bond acceptors (Lipinski definition) is 1. The normalized spacial score (nSPS) is 17.7. The summed E-state index contributed by atoms with van der Waals surface area (Å²) in [5.74, 6) is 1.68. The van der Waals surface area contributed by atoms with Gasteiger partial charge in [-0.05, 0) is 30.4 Å². The lowest BCUT2D eigenvalue weighted by Gasteiger charge is -2.12. The third-order valence-electron chi connectivity index (χ3n) is 3.25. The number of benzene rings is 1. The first-order valence-electron chi connectivity index (χ1n) is 6.12. The van der Waals surface area contributed by atoms with Crippen LogP contribution in [0.25, 0.3) is 0 Å². The molecule has 1 saturated carbocycles. The molecule has 1 aliphatic rings. The lowest BCUT2D eigenvalue weighted by atomic mass is 10.0. The molecule has 1 fully saturated rings. The van der Waals surface area contributed by atoms with E-state index >= 15 is 0 Å². The Labute approximate surface area is 92.9 Å². The van der Waals surface area contributed by atoms with Gasteiger partial charge in [0.05, 0.1) is 0 Å². The summed E-state index contributed by atoms with van der Waals surface area (Å²) in [4.78, 5) is 0. The van der Waals surface area contributed by atoms with Crippen LogP contribution in [0.2, 0.25) is 0 Å². The van der Waals surface area contributed by atoms with Crippen molar-refractivity contribution in [2.75, 3.05) is 13.1 Å². The molecule has 82 valence electrons. The van der Waals surface area contributed by atoms with Gasteiger partial charge in [-0.2, -0.15) is 0 Å². The van der Waals surface area contributed by atoms with Gasteiger partial charge in [0.2, 0.25) is 0 Å². The van der Waals surface area contributed by atoms with E-state index in [9.17, 15) is 0 Å². The minimum absolute atomic E-state index is 0.630. The van der Waals surface area contributed by atoms with Gasteiger partial charge in [-0.25, -0.2) is 0 Å². The minimum Gasteiger partial charge on any atom is -0.316 e. The first-order valence-corrected chi connectivity index (χ1v) is 6.12. The predicted octanol–water partition coefficient (Wildman–Crippen LogP) is 3.18. The molecule has 0 aliphatic heterocycles. The molecule has 0 spiro atoms. The first kappa shape index (κ1) is 10.7. The summed E-state index contributed by atoms with van der Waals surface area (Å²) in [6, 6.07) is 10.8. The van der Waals surface area contributed by atoms with E-state index in [0.29, 0.717) is 5.92 Å². The summed E-state index contributed by atoms with van der Waals surface area (Å²) in [5.41, 5.74) is 1.44. The van der Waals surface area contributed by atoms with Crippen molar-refractivity contribution in [2.24, 2.45) is 5.92 Å². The molecule has 0 amide bonds. The molecule has 1 N–H and O–H groups in total. The van der Waals surface area contributed by atoms with Crippen molar-refractivity contribution in [2.45, 2.75) is 32.1 Å². The van der Waals surface area contributed by atoms with Crippen molar-refractivity contribution < 1.29 is 0 Å². The molecule has 0 radical (unpaired) electrons. The molecule has 1 heteroatoms. The molecule has 1 aromatic carbocycles. The molecular formula is C14H21N. The Morgan fingerprint density at radius 3 is 2.67 bits per heavy atom. The van der Waals surface area contributed by atoms with E-state index in [1.165, 1.54) is 31.4 Å². The fourth-order valence-electron chi connectivity index (χ4n) is 1.93. The quantitative estimate of drug-likeness (QED) is 0.700. The number of hydrogen-bond donors (Lipinski definition) is 1. The van der Waals surface area contributed by atoms with Gasteiger partial charge in [0.25, 0.3) is 0 Å². The third-order valence-corrected chi connectivity index (χ3v) is 3.25. The molecule has 0 heterocycles. The fraction of sp³-hybridized carbons (Fsp3) is 0.571. The lowest BCUT2D eigenvalue weighted by Crippen LogP contribution is -2.21. The Morgan fingerprint density at radius 1 is 1.27 bits per heavy atom. The molecule has 1 atom stereocenters. The zero-order chi connectivity index (χ0) is 10.5. The van der Waals surface area contributed by atoms with E-state index in [-0.39, 0.29) is 0 Å². The zero-order valence-electron chi connectivity index (χ0n) is 9.58. The molecule has 15 heavy (non-hydrogen) atoms. The lowest BCUT2D eigenvalue weighted by molar-refractivity contribution is 0.575. The smallest absolute Gasteiger partial charge is 0.00174 e. The summed E-state index contributed by atoms with van der Waals surface area (Å²) in [7, 11) is 0. The highest BCUT2D eigenvalue weighted by atomic mass is 14.9. The topological polar surface area (TPSA) is 12.0 Å². The van der Waals surface area contributed by atoms with E-state index in [2.05, 4.69) is 42.6 Å². The van der Waals surface area contributed by atoms with Gasteiger partial charge in [0.15, 0.2) is 0 Å². The second-order valence-electron chi connectivity index (χ2n) is 4.75. The van der Waals surface area contributed by atoms with Gasteiger partial charge >= 0.3 is 0 Å². The summed E-state index contributed by atoms with van der Waals surface area (Å²) in [6.07, 6.45) is 4.31. The van der Waals surface area contributed by atoms with Gasteiger partial charge in [0, 0.05) is 6.54 Å². The van der Waals surface area contributed by atoms with Crippen LogP contribution < -0.4 is 5.32 Å². The molecule has 1 nitrogen and oxygen atoms in total. The second kappa shape index (κ2) is 5.32. The maximum atomic E-state index is 3.55. The highest BCUT2D eigenvalue weighted by Gasteiger charge is 2.20. The van der Waals surface area contributed by atoms with Crippen LogP contribution in [-0.4, -0.2) is 13.1 Å². The van der Waals surface area contributed by atoms with Crippen LogP contribution in [0.4, 0.5) is 0 Å². The standard InChI is InChI=1S/C14H21N/c1-12(14-5-3-2-4-6-14)11-15-10-9-13-7-8-13/h2-6,12-13,15H,7-11H2,1H3. The van der Waals surface area contributed by atoms with Crippen LogP contribution in [0.3, 0.4) is 0 Å². The SMILES string of the molecule is CC(CNCCC1CC1)c1ccccc1. The molecule has 0 saturated heterocycles. The fourth-order valence-corrected chi connectivity index (χ4v) is 1.93. The molecule has 2 rings (SSSR count). The molecule has 1 aromatic rings. The van der Waals surface area contributed by atoms with Crippen molar-refractivity contribution >= 4 is 0 Å². The molecule has 0 aromatic heterocycles. The average molecular weight is 203 g/mol.